The number of benzene rings is 1. The molecule has 0 unspecified atom stereocenters. The van der Waals surface area contributed by atoms with Gasteiger partial charge in [-0.25, -0.2) is 13.9 Å². The Balaban J connectivity index is 1.43. The number of rotatable bonds is 7. The molecule has 184 valence electrons. The van der Waals surface area contributed by atoms with Crippen LogP contribution in [-0.2, 0) is 18.4 Å². The Bertz CT molecular complexity index is 1040. The van der Waals surface area contributed by atoms with Gasteiger partial charge in [-0.1, -0.05) is 18.1 Å². The second-order valence-electron chi connectivity index (χ2n) is 9.30. The number of urea groups is 1. The minimum atomic E-state index is -0.833. The zero-order valence-electron chi connectivity index (χ0n) is 19.7. The van der Waals surface area contributed by atoms with Crippen LogP contribution in [0.3, 0.4) is 0 Å². The van der Waals surface area contributed by atoms with Gasteiger partial charge in [-0.3, -0.25) is 4.79 Å². The average Bonchev–Trinajstić information content (AvgIpc) is 3.48. The van der Waals surface area contributed by atoms with Crippen molar-refractivity contribution in [3.8, 4) is 17.0 Å². The number of aryl methyl sites for hydroxylation is 1. The number of carbonyl (C=O) groups is 2. The Morgan fingerprint density at radius 3 is 2.71 bits per heavy atom. The monoisotopic (exact) mass is 473 g/mol. The summed E-state index contributed by atoms with van der Waals surface area (Å²) in [6.45, 7) is 0.216. The number of carboxylic acids is 1. The van der Waals surface area contributed by atoms with Crippen LogP contribution >= 0.6 is 0 Å². The van der Waals surface area contributed by atoms with Crippen molar-refractivity contribution < 1.29 is 23.8 Å². The zero-order valence-corrected chi connectivity index (χ0v) is 19.7. The number of nitrogens with one attached hydrogen (secondary N) is 1. The highest BCUT2D eigenvalue weighted by molar-refractivity contribution is 5.74. The lowest BCUT2D eigenvalue weighted by atomic mass is 9.87. The lowest BCUT2D eigenvalue weighted by Gasteiger charge is -2.27. The lowest BCUT2D eigenvalue weighted by Crippen LogP contribution is -2.42. The molecule has 2 N–H and O–H groups in total. The van der Waals surface area contributed by atoms with Gasteiger partial charge in [0.1, 0.15) is 5.69 Å². The Morgan fingerprint density at radius 1 is 1.24 bits per heavy atom. The van der Waals surface area contributed by atoms with Crippen molar-refractivity contribution in [1.29, 1.82) is 0 Å². The number of aliphatic carboxylic acids is 1. The van der Waals surface area contributed by atoms with Gasteiger partial charge < -0.3 is 20.1 Å². The molecule has 2 aliphatic carbocycles. The summed E-state index contributed by atoms with van der Waals surface area (Å²) in [5.41, 5.74) is 1.68. The second kappa shape index (κ2) is 10.4. The number of amides is 2. The van der Waals surface area contributed by atoms with Crippen LogP contribution in [0.25, 0.3) is 11.3 Å². The number of carboxylic acid groups (broad SMARTS) is 1. The predicted molar refractivity (Wildman–Crippen MR) is 123 cm³/mol. The minimum Gasteiger partial charge on any atom is -0.487 e. The summed E-state index contributed by atoms with van der Waals surface area (Å²) >= 11 is 0. The maximum atomic E-state index is 14.9. The first kappa shape index (κ1) is 24.0. The van der Waals surface area contributed by atoms with Crippen molar-refractivity contribution in [3.05, 3.63) is 29.7 Å². The van der Waals surface area contributed by atoms with E-state index in [1.165, 1.54) is 6.07 Å². The van der Waals surface area contributed by atoms with E-state index < -0.39 is 17.7 Å². The number of aromatic nitrogens is 3. The number of hydrogen-bond acceptors (Lipinski definition) is 5. The molecular weight excluding hydrogens is 441 g/mol. The van der Waals surface area contributed by atoms with Gasteiger partial charge in [0.2, 0.25) is 0 Å². The maximum Gasteiger partial charge on any atom is 0.317 e. The third kappa shape index (κ3) is 5.31. The molecule has 0 saturated heterocycles. The smallest absolute Gasteiger partial charge is 0.317 e. The standard InChI is InChI=1S/C24H32FN5O4/c1-29(17-7-3-4-8-17)24(33)26-14-20-22(27-28-30(20)2)15-10-11-21(19(25)13-15)34-18-9-5-6-16(12-18)23(31)32/h10-11,13,16-18H,3-9,12,14H2,1-2H3,(H,26,33)(H,31,32)/t16-,18-/m0/s1. The molecule has 4 rings (SSSR count). The van der Waals surface area contributed by atoms with Gasteiger partial charge in [-0.15, -0.1) is 5.10 Å². The first-order chi connectivity index (χ1) is 16.3. The van der Waals surface area contributed by atoms with Gasteiger partial charge in [0.15, 0.2) is 11.6 Å². The van der Waals surface area contributed by atoms with Gasteiger partial charge in [0, 0.05) is 25.7 Å². The molecule has 9 nitrogen and oxygen atoms in total. The Kier molecular flexibility index (Phi) is 7.33. The van der Waals surface area contributed by atoms with Crippen molar-refractivity contribution >= 4 is 12.0 Å². The van der Waals surface area contributed by atoms with Crippen LogP contribution in [0.15, 0.2) is 18.2 Å². The van der Waals surface area contributed by atoms with Crippen molar-refractivity contribution in [3.63, 3.8) is 0 Å². The Labute approximate surface area is 198 Å². The summed E-state index contributed by atoms with van der Waals surface area (Å²) in [7, 11) is 3.54. The van der Waals surface area contributed by atoms with Crippen molar-refractivity contribution in [2.24, 2.45) is 13.0 Å². The highest BCUT2D eigenvalue weighted by Gasteiger charge is 2.29. The summed E-state index contributed by atoms with van der Waals surface area (Å²) in [6.07, 6.45) is 6.45. The fourth-order valence-corrected chi connectivity index (χ4v) is 4.94. The number of ether oxygens (including phenoxy) is 1. The number of carbonyl (C=O) groups excluding carboxylic acids is 1. The summed E-state index contributed by atoms with van der Waals surface area (Å²) in [5.74, 6) is -1.74. The van der Waals surface area contributed by atoms with E-state index in [-0.39, 0.29) is 30.5 Å². The molecule has 34 heavy (non-hydrogen) atoms. The number of halogens is 1. The molecule has 0 aliphatic heterocycles. The summed E-state index contributed by atoms with van der Waals surface area (Å²) in [5, 5.41) is 20.4. The van der Waals surface area contributed by atoms with E-state index in [0.717, 1.165) is 32.1 Å². The average molecular weight is 474 g/mol. The van der Waals surface area contributed by atoms with Gasteiger partial charge in [-0.05, 0) is 56.7 Å². The van der Waals surface area contributed by atoms with Crippen LogP contribution in [0.2, 0.25) is 0 Å². The van der Waals surface area contributed by atoms with Gasteiger partial charge >= 0.3 is 12.0 Å². The molecule has 10 heteroatoms. The van der Waals surface area contributed by atoms with Gasteiger partial charge in [-0.2, -0.15) is 0 Å². The van der Waals surface area contributed by atoms with Crippen LogP contribution < -0.4 is 10.1 Å². The number of hydrogen-bond donors (Lipinski definition) is 2. The van der Waals surface area contributed by atoms with E-state index in [4.69, 9.17) is 4.74 Å². The molecular formula is C24H32FN5O4. The molecule has 2 aromatic rings. The highest BCUT2D eigenvalue weighted by atomic mass is 19.1. The van der Waals surface area contributed by atoms with Crippen LogP contribution in [-0.4, -0.2) is 56.2 Å². The molecule has 0 spiro atoms. The molecule has 0 radical (unpaired) electrons. The van der Waals surface area contributed by atoms with Gasteiger partial charge in [0.05, 0.1) is 24.3 Å². The molecule has 1 heterocycles. The molecule has 2 saturated carbocycles. The van der Waals surface area contributed by atoms with E-state index in [1.807, 2.05) is 7.05 Å². The summed E-state index contributed by atoms with van der Waals surface area (Å²) < 4.78 is 22.3. The highest BCUT2D eigenvalue weighted by Crippen LogP contribution is 2.31. The predicted octanol–water partition coefficient (Wildman–Crippen LogP) is 3.73. The van der Waals surface area contributed by atoms with E-state index in [0.29, 0.717) is 36.2 Å². The van der Waals surface area contributed by atoms with Crippen LogP contribution in [0, 0.1) is 11.7 Å². The first-order valence-corrected chi connectivity index (χ1v) is 11.9. The fourth-order valence-electron chi connectivity index (χ4n) is 4.94. The van der Waals surface area contributed by atoms with Crippen LogP contribution in [0.5, 0.6) is 5.75 Å². The Hall–Kier alpha value is -3.17. The van der Waals surface area contributed by atoms with Crippen molar-refractivity contribution in [1.82, 2.24) is 25.2 Å². The Morgan fingerprint density at radius 2 is 2.00 bits per heavy atom. The maximum absolute atomic E-state index is 14.9. The quantitative estimate of drug-likeness (QED) is 0.634. The third-order valence-electron chi connectivity index (χ3n) is 7.02. The van der Waals surface area contributed by atoms with Crippen molar-refractivity contribution in [2.75, 3.05) is 7.05 Å². The molecule has 2 aliphatic rings. The largest absolute Gasteiger partial charge is 0.487 e. The summed E-state index contributed by atoms with van der Waals surface area (Å²) in [4.78, 5) is 25.6. The third-order valence-corrected chi connectivity index (χ3v) is 7.02. The van der Waals surface area contributed by atoms with E-state index in [9.17, 15) is 19.1 Å². The molecule has 2 fully saturated rings. The van der Waals surface area contributed by atoms with Crippen molar-refractivity contribution in [2.45, 2.75) is 70.1 Å². The van der Waals surface area contributed by atoms with E-state index >= 15 is 0 Å². The van der Waals surface area contributed by atoms with Crippen LogP contribution in [0.4, 0.5) is 9.18 Å². The van der Waals surface area contributed by atoms with E-state index in [2.05, 4.69) is 15.6 Å². The first-order valence-electron chi connectivity index (χ1n) is 11.9. The molecule has 1 aromatic heterocycles. The fraction of sp³-hybridized carbons (Fsp3) is 0.583. The summed E-state index contributed by atoms with van der Waals surface area (Å²) in [6, 6.07) is 4.70. The molecule has 0 bridgehead atoms. The van der Waals surface area contributed by atoms with Crippen LogP contribution in [0.1, 0.15) is 57.1 Å². The van der Waals surface area contributed by atoms with Gasteiger partial charge in [0.25, 0.3) is 0 Å². The second-order valence-corrected chi connectivity index (χ2v) is 9.30. The molecule has 2 amide bonds. The van der Waals surface area contributed by atoms with E-state index in [1.54, 1.807) is 28.8 Å². The zero-order chi connectivity index (χ0) is 24.2. The molecule has 1 aromatic carbocycles. The normalized spacial score (nSPS) is 20.8. The topological polar surface area (TPSA) is 110 Å². The minimum absolute atomic E-state index is 0.0942. The number of nitrogens with zero attached hydrogens (tertiary/aromatic N) is 4. The SMILES string of the molecule is CN(C(=O)NCc1c(-c2ccc(O[C@H]3CCC[C@H](C(=O)O)C3)c(F)c2)nnn1C)C1CCCC1. The lowest BCUT2D eigenvalue weighted by molar-refractivity contribution is -0.143. The molecule has 2 atom stereocenters.